The number of aromatic amines is 1. The molecule has 0 spiro atoms. The molecule has 0 unspecified atom stereocenters. The number of nitrogens with one attached hydrogen (secondary N) is 2. The monoisotopic (exact) mass is 402 g/mol. The summed E-state index contributed by atoms with van der Waals surface area (Å²) in [5.74, 6) is -0.353. The molecule has 0 bridgehead atoms. The second-order valence-corrected chi connectivity index (χ2v) is 7.46. The number of esters is 1. The summed E-state index contributed by atoms with van der Waals surface area (Å²) in [5.41, 5.74) is 1.19. The molecule has 0 saturated carbocycles. The summed E-state index contributed by atoms with van der Waals surface area (Å²) in [4.78, 5) is 40.0. The number of carbonyl (C=O) groups excluding carboxylic acids is 2. The fourth-order valence-electron chi connectivity index (χ4n) is 2.60. The van der Waals surface area contributed by atoms with Crippen LogP contribution in [0.5, 0.6) is 0 Å². The van der Waals surface area contributed by atoms with Crippen LogP contribution in [-0.2, 0) is 4.74 Å². The Morgan fingerprint density at radius 1 is 1.14 bits per heavy atom. The van der Waals surface area contributed by atoms with Gasteiger partial charge in [0.15, 0.2) is 0 Å². The summed E-state index contributed by atoms with van der Waals surface area (Å²) in [7, 11) is 0. The van der Waals surface area contributed by atoms with Gasteiger partial charge in [0.2, 0.25) is 0 Å². The van der Waals surface area contributed by atoms with Crippen LogP contribution in [0.2, 0.25) is 0 Å². The van der Waals surface area contributed by atoms with Gasteiger partial charge in [-0.2, -0.15) is 0 Å². The smallest absolute Gasteiger partial charge is 0.343 e. The van der Waals surface area contributed by atoms with Gasteiger partial charge in [0.05, 0.1) is 17.2 Å². The molecule has 2 rings (SSSR count). The van der Waals surface area contributed by atoms with Crippen LogP contribution < -0.4 is 10.9 Å². The molecule has 0 aliphatic rings. The van der Waals surface area contributed by atoms with E-state index >= 15 is 0 Å². The van der Waals surface area contributed by atoms with E-state index in [-0.39, 0.29) is 23.6 Å². The summed E-state index contributed by atoms with van der Waals surface area (Å²) in [6.07, 6.45) is 3.13. The van der Waals surface area contributed by atoms with Crippen LogP contribution >= 0.6 is 11.8 Å². The summed E-state index contributed by atoms with van der Waals surface area (Å²) in [6, 6.07) is 8.75. The Hall–Kier alpha value is -2.54. The molecule has 0 atom stereocenters. The third-order valence-corrected chi connectivity index (χ3v) is 5.12. The third-order valence-electron chi connectivity index (χ3n) is 4.02. The maximum Gasteiger partial charge on any atom is 0.343 e. The van der Waals surface area contributed by atoms with Crippen LogP contribution in [0.25, 0.3) is 0 Å². The summed E-state index contributed by atoms with van der Waals surface area (Å²) in [5, 5.41) is 3.29. The maximum absolute atomic E-state index is 12.9. The Bertz CT molecular complexity index is 892. The molecule has 0 aliphatic carbocycles. The van der Waals surface area contributed by atoms with Crippen molar-refractivity contribution in [3.05, 3.63) is 57.4 Å². The average Bonchev–Trinajstić information content (AvgIpc) is 2.65. The second-order valence-electron chi connectivity index (χ2n) is 6.35. The number of benzene rings is 1. The molecule has 6 nitrogen and oxygen atoms in total. The van der Waals surface area contributed by atoms with Crippen molar-refractivity contribution in [1.82, 2.24) is 4.98 Å². The van der Waals surface area contributed by atoms with Gasteiger partial charge in [0, 0.05) is 5.69 Å². The van der Waals surface area contributed by atoms with Crippen molar-refractivity contribution in [3.63, 3.8) is 0 Å². The number of H-pyrrole nitrogens is 1. The lowest BCUT2D eigenvalue weighted by atomic mass is 10.1. The number of amides is 1. The highest BCUT2D eigenvalue weighted by Crippen LogP contribution is 2.23. The fraction of sp³-hybridized carbons (Fsp3) is 0.381. The lowest BCUT2D eigenvalue weighted by Crippen LogP contribution is -2.24. The molecule has 0 fully saturated rings. The first kappa shape index (κ1) is 21.8. The van der Waals surface area contributed by atoms with Gasteiger partial charge in [-0.3, -0.25) is 9.59 Å². The number of pyridine rings is 1. The Balaban J connectivity index is 2.35. The molecule has 0 saturated heterocycles. The SMILES string of the molecule is CCCCCSc1[nH]c(=O)c(C(=O)OCC)cc1C(=O)Nc1cccc(C)c1. The Kier molecular flexibility index (Phi) is 8.32. The predicted molar refractivity (Wildman–Crippen MR) is 112 cm³/mol. The van der Waals surface area contributed by atoms with E-state index in [0.717, 1.165) is 30.6 Å². The number of unbranched alkanes of at least 4 members (excludes halogenated alkanes) is 2. The van der Waals surface area contributed by atoms with Crippen LogP contribution in [0.3, 0.4) is 0 Å². The summed E-state index contributed by atoms with van der Waals surface area (Å²) >= 11 is 1.41. The van der Waals surface area contributed by atoms with E-state index in [9.17, 15) is 14.4 Å². The van der Waals surface area contributed by atoms with Crippen molar-refractivity contribution < 1.29 is 14.3 Å². The lowest BCUT2D eigenvalue weighted by Gasteiger charge is -2.12. The highest BCUT2D eigenvalue weighted by molar-refractivity contribution is 7.99. The highest BCUT2D eigenvalue weighted by Gasteiger charge is 2.20. The molecule has 7 heteroatoms. The normalized spacial score (nSPS) is 10.5. The molecule has 1 amide bonds. The number of anilines is 1. The van der Waals surface area contributed by atoms with Crippen LogP contribution in [-0.4, -0.2) is 29.2 Å². The van der Waals surface area contributed by atoms with E-state index in [1.807, 2.05) is 25.1 Å². The molecule has 0 aliphatic heterocycles. The van der Waals surface area contributed by atoms with Gasteiger partial charge >= 0.3 is 5.97 Å². The van der Waals surface area contributed by atoms with Crippen molar-refractivity contribution >= 4 is 29.3 Å². The third kappa shape index (κ3) is 5.99. The van der Waals surface area contributed by atoms with Crippen molar-refractivity contribution in [2.75, 3.05) is 17.7 Å². The fourth-order valence-corrected chi connectivity index (χ4v) is 3.63. The second kappa shape index (κ2) is 10.7. The van der Waals surface area contributed by atoms with Gasteiger partial charge in [0.1, 0.15) is 5.56 Å². The molecule has 2 N–H and O–H groups in total. The van der Waals surface area contributed by atoms with Gasteiger partial charge in [-0.25, -0.2) is 4.79 Å². The Morgan fingerprint density at radius 3 is 2.61 bits per heavy atom. The van der Waals surface area contributed by atoms with Crippen molar-refractivity contribution in [3.8, 4) is 0 Å². The highest BCUT2D eigenvalue weighted by atomic mass is 32.2. The molecule has 1 aromatic heterocycles. The molecule has 0 radical (unpaired) electrons. The first-order chi connectivity index (χ1) is 13.5. The van der Waals surface area contributed by atoms with Gasteiger partial charge in [-0.15, -0.1) is 11.8 Å². The van der Waals surface area contributed by atoms with Gasteiger partial charge < -0.3 is 15.0 Å². The van der Waals surface area contributed by atoms with E-state index in [2.05, 4.69) is 17.2 Å². The predicted octanol–water partition coefficient (Wildman–Crippen LogP) is 4.39. The molecule has 1 heterocycles. The lowest BCUT2D eigenvalue weighted by molar-refractivity contribution is 0.0524. The molecular formula is C21H26N2O4S. The number of hydrogen-bond donors (Lipinski definition) is 2. The number of aromatic nitrogens is 1. The van der Waals surface area contributed by atoms with E-state index in [1.165, 1.54) is 17.8 Å². The van der Waals surface area contributed by atoms with Crippen LogP contribution in [0.4, 0.5) is 5.69 Å². The number of rotatable bonds is 9. The van der Waals surface area contributed by atoms with Crippen molar-refractivity contribution in [2.45, 2.75) is 45.1 Å². The van der Waals surface area contributed by atoms with Crippen LogP contribution in [0.15, 0.2) is 40.2 Å². The zero-order valence-corrected chi connectivity index (χ0v) is 17.3. The van der Waals surface area contributed by atoms with Gasteiger partial charge in [-0.1, -0.05) is 31.9 Å². The largest absolute Gasteiger partial charge is 0.462 e. The van der Waals surface area contributed by atoms with Crippen molar-refractivity contribution in [1.29, 1.82) is 0 Å². The minimum atomic E-state index is -0.740. The zero-order valence-electron chi connectivity index (χ0n) is 16.5. The standard InChI is InChI=1S/C21H26N2O4S/c1-4-6-7-11-28-20-16(13-17(19(25)23-20)21(26)27-5-2)18(24)22-15-10-8-9-14(3)12-15/h8-10,12-13H,4-7,11H2,1-3H3,(H,22,24)(H,23,25). The number of aryl methyl sites for hydroxylation is 1. The first-order valence-electron chi connectivity index (χ1n) is 9.41. The molecular weight excluding hydrogens is 376 g/mol. The minimum Gasteiger partial charge on any atom is -0.462 e. The Morgan fingerprint density at radius 2 is 1.93 bits per heavy atom. The van der Waals surface area contributed by atoms with E-state index < -0.39 is 11.5 Å². The molecule has 1 aromatic carbocycles. The van der Waals surface area contributed by atoms with E-state index in [4.69, 9.17) is 4.74 Å². The number of hydrogen-bond acceptors (Lipinski definition) is 5. The van der Waals surface area contributed by atoms with Gasteiger partial charge in [-0.05, 0) is 49.8 Å². The number of carbonyl (C=O) groups is 2. The Labute approximate surface area is 169 Å². The molecule has 28 heavy (non-hydrogen) atoms. The molecule has 2 aromatic rings. The van der Waals surface area contributed by atoms with Crippen LogP contribution in [0.1, 0.15) is 59.4 Å². The van der Waals surface area contributed by atoms with E-state index in [0.29, 0.717) is 10.7 Å². The minimum absolute atomic E-state index is 0.149. The van der Waals surface area contributed by atoms with Crippen molar-refractivity contribution in [2.24, 2.45) is 0 Å². The topological polar surface area (TPSA) is 88.3 Å². The van der Waals surface area contributed by atoms with E-state index in [1.54, 1.807) is 13.0 Å². The number of ether oxygens (including phenoxy) is 1. The zero-order chi connectivity index (χ0) is 20.5. The maximum atomic E-state index is 12.9. The van der Waals surface area contributed by atoms with Gasteiger partial charge in [0.25, 0.3) is 11.5 Å². The summed E-state index contributed by atoms with van der Waals surface area (Å²) < 4.78 is 4.93. The average molecular weight is 403 g/mol. The number of thioether (sulfide) groups is 1. The van der Waals surface area contributed by atoms with Crippen LogP contribution in [0, 0.1) is 6.92 Å². The molecule has 150 valence electrons. The summed E-state index contributed by atoms with van der Waals surface area (Å²) in [6.45, 7) is 5.86. The first-order valence-corrected chi connectivity index (χ1v) is 10.4. The quantitative estimate of drug-likeness (QED) is 0.369.